The highest BCUT2D eigenvalue weighted by Crippen LogP contribution is 2.25. The standard InChI is InChI=1S/C13H21ClN2O/c1-6-13(4,5)17-11-8-15-12(9(2)3)16-10(11)7-14/h8-9H,6-7H2,1-5H3. The lowest BCUT2D eigenvalue weighted by Gasteiger charge is -2.25. The Labute approximate surface area is 109 Å². The summed E-state index contributed by atoms with van der Waals surface area (Å²) in [6, 6.07) is 0. The molecular weight excluding hydrogens is 236 g/mol. The van der Waals surface area contributed by atoms with Gasteiger partial charge in [0.1, 0.15) is 17.1 Å². The first kappa shape index (κ1) is 14.2. The topological polar surface area (TPSA) is 35.0 Å². The predicted molar refractivity (Wildman–Crippen MR) is 70.7 cm³/mol. The molecule has 0 aliphatic carbocycles. The first-order valence-corrected chi connectivity index (χ1v) is 6.54. The van der Waals surface area contributed by atoms with Crippen molar-refractivity contribution in [2.45, 2.75) is 58.4 Å². The van der Waals surface area contributed by atoms with Crippen LogP contribution < -0.4 is 4.74 Å². The number of rotatable bonds is 5. The molecule has 0 aliphatic rings. The van der Waals surface area contributed by atoms with Crippen LogP contribution in [-0.4, -0.2) is 15.6 Å². The van der Waals surface area contributed by atoms with Crippen LogP contribution in [0.25, 0.3) is 0 Å². The Morgan fingerprint density at radius 3 is 2.53 bits per heavy atom. The maximum atomic E-state index is 5.91. The Hall–Kier alpha value is -0.830. The van der Waals surface area contributed by atoms with Crippen LogP contribution in [0.1, 0.15) is 58.5 Å². The van der Waals surface area contributed by atoms with Crippen LogP contribution in [0, 0.1) is 0 Å². The molecule has 0 saturated carbocycles. The Kier molecular flexibility index (Phi) is 4.75. The molecule has 0 atom stereocenters. The minimum atomic E-state index is -0.219. The molecule has 0 N–H and O–H groups in total. The molecule has 0 fully saturated rings. The molecule has 3 nitrogen and oxygen atoms in total. The van der Waals surface area contributed by atoms with Crippen LogP contribution in [0.15, 0.2) is 6.20 Å². The summed E-state index contributed by atoms with van der Waals surface area (Å²) in [5.74, 6) is 2.14. The third-order valence-electron chi connectivity index (χ3n) is 2.73. The number of halogens is 1. The SMILES string of the molecule is CCC(C)(C)Oc1cnc(C(C)C)nc1CCl. The van der Waals surface area contributed by atoms with Crippen LogP contribution in [0.5, 0.6) is 5.75 Å². The zero-order chi connectivity index (χ0) is 13.1. The minimum absolute atomic E-state index is 0.219. The quantitative estimate of drug-likeness (QED) is 0.750. The molecule has 17 heavy (non-hydrogen) atoms. The van der Waals surface area contributed by atoms with Gasteiger partial charge in [-0.3, -0.25) is 0 Å². The molecule has 0 amide bonds. The monoisotopic (exact) mass is 256 g/mol. The molecule has 0 aromatic carbocycles. The van der Waals surface area contributed by atoms with Crippen LogP contribution in [0.4, 0.5) is 0 Å². The summed E-state index contributed by atoms with van der Waals surface area (Å²) in [6.07, 6.45) is 2.65. The van der Waals surface area contributed by atoms with E-state index >= 15 is 0 Å². The third kappa shape index (κ3) is 3.84. The van der Waals surface area contributed by atoms with E-state index in [-0.39, 0.29) is 5.60 Å². The van der Waals surface area contributed by atoms with Crippen LogP contribution in [0.2, 0.25) is 0 Å². The van der Waals surface area contributed by atoms with E-state index in [0.717, 1.165) is 17.9 Å². The number of nitrogens with zero attached hydrogens (tertiary/aromatic N) is 2. The van der Waals surface area contributed by atoms with E-state index in [9.17, 15) is 0 Å². The number of aromatic nitrogens is 2. The van der Waals surface area contributed by atoms with Crippen molar-refractivity contribution in [3.05, 3.63) is 17.7 Å². The van der Waals surface area contributed by atoms with Crippen molar-refractivity contribution in [3.8, 4) is 5.75 Å². The second kappa shape index (κ2) is 5.67. The first-order valence-electron chi connectivity index (χ1n) is 6.00. The van der Waals surface area contributed by atoms with E-state index < -0.39 is 0 Å². The average molecular weight is 257 g/mol. The highest BCUT2D eigenvalue weighted by atomic mass is 35.5. The third-order valence-corrected chi connectivity index (χ3v) is 2.98. The van der Waals surface area contributed by atoms with Crippen molar-refractivity contribution < 1.29 is 4.74 Å². The van der Waals surface area contributed by atoms with Gasteiger partial charge in [-0.25, -0.2) is 9.97 Å². The van der Waals surface area contributed by atoms with Crippen molar-refractivity contribution in [2.75, 3.05) is 0 Å². The van der Waals surface area contributed by atoms with Crippen molar-refractivity contribution in [1.82, 2.24) is 9.97 Å². The zero-order valence-electron chi connectivity index (χ0n) is 11.2. The summed E-state index contributed by atoms with van der Waals surface area (Å²) in [5.41, 5.74) is 0.552. The maximum absolute atomic E-state index is 5.91. The molecule has 96 valence electrons. The smallest absolute Gasteiger partial charge is 0.161 e. The Bertz CT molecular complexity index is 378. The fourth-order valence-corrected chi connectivity index (χ4v) is 1.44. The van der Waals surface area contributed by atoms with E-state index in [2.05, 4.69) is 30.7 Å². The van der Waals surface area contributed by atoms with E-state index in [1.807, 2.05) is 13.8 Å². The fraction of sp³-hybridized carbons (Fsp3) is 0.692. The molecule has 0 unspecified atom stereocenters. The normalized spacial score (nSPS) is 11.9. The van der Waals surface area contributed by atoms with Gasteiger partial charge in [0.15, 0.2) is 5.75 Å². The van der Waals surface area contributed by atoms with Crippen LogP contribution in [-0.2, 0) is 5.88 Å². The highest BCUT2D eigenvalue weighted by molar-refractivity contribution is 6.17. The Morgan fingerprint density at radius 1 is 1.41 bits per heavy atom. The molecule has 0 saturated heterocycles. The minimum Gasteiger partial charge on any atom is -0.484 e. The van der Waals surface area contributed by atoms with Gasteiger partial charge in [0.2, 0.25) is 0 Å². The molecule has 1 rings (SSSR count). The lowest BCUT2D eigenvalue weighted by atomic mass is 10.1. The van der Waals surface area contributed by atoms with E-state index in [4.69, 9.17) is 16.3 Å². The Balaban J connectivity index is 3.01. The van der Waals surface area contributed by atoms with Crippen LogP contribution >= 0.6 is 11.6 Å². The summed E-state index contributed by atoms with van der Waals surface area (Å²) in [4.78, 5) is 8.75. The second-order valence-corrected chi connectivity index (χ2v) is 5.31. The van der Waals surface area contributed by atoms with Gasteiger partial charge >= 0.3 is 0 Å². The van der Waals surface area contributed by atoms with Gasteiger partial charge in [-0.15, -0.1) is 11.6 Å². The van der Waals surface area contributed by atoms with Gasteiger partial charge in [0, 0.05) is 5.92 Å². The summed E-state index contributed by atoms with van der Waals surface area (Å²) in [5, 5.41) is 0. The summed E-state index contributed by atoms with van der Waals surface area (Å²) in [7, 11) is 0. The number of hydrogen-bond acceptors (Lipinski definition) is 3. The molecule has 1 aromatic heterocycles. The number of alkyl halides is 1. The van der Waals surface area contributed by atoms with Gasteiger partial charge in [0.05, 0.1) is 12.1 Å². The molecule has 1 aromatic rings. The number of ether oxygens (including phenoxy) is 1. The second-order valence-electron chi connectivity index (χ2n) is 5.04. The van der Waals surface area contributed by atoms with Gasteiger partial charge in [0.25, 0.3) is 0 Å². The molecule has 4 heteroatoms. The maximum Gasteiger partial charge on any atom is 0.161 e. The van der Waals surface area contributed by atoms with Crippen molar-refractivity contribution >= 4 is 11.6 Å². The Morgan fingerprint density at radius 2 is 2.06 bits per heavy atom. The van der Waals surface area contributed by atoms with Crippen LogP contribution in [0.3, 0.4) is 0 Å². The van der Waals surface area contributed by atoms with Gasteiger partial charge in [-0.1, -0.05) is 20.8 Å². The summed E-state index contributed by atoms with van der Waals surface area (Å²) >= 11 is 5.91. The number of hydrogen-bond donors (Lipinski definition) is 0. The lowest BCUT2D eigenvalue weighted by Crippen LogP contribution is -2.27. The highest BCUT2D eigenvalue weighted by Gasteiger charge is 2.20. The predicted octanol–water partition coefficient (Wildman–Crippen LogP) is 3.91. The average Bonchev–Trinajstić information content (AvgIpc) is 2.29. The molecule has 0 spiro atoms. The van der Waals surface area contributed by atoms with Crippen molar-refractivity contribution in [3.63, 3.8) is 0 Å². The molecule has 0 bridgehead atoms. The summed E-state index contributed by atoms with van der Waals surface area (Å²) in [6.45, 7) is 10.3. The molecular formula is C13H21ClN2O. The van der Waals surface area contributed by atoms with E-state index in [1.165, 1.54) is 0 Å². The molecule has 0 radical (unpaired) electrons. The van der Waals surface area contributed by atoms with Crippen molar-refractivity contribution in [2.24, 2.45) is 0 Å². The molecule has 1 heterocycles. The van der Waals surface area contributed by atoms with Gasteiger partial charge in [-0.05, 0) is 20.3 Å². The summed E-state index contributed by atoms with van der Waals surface area (Å²) < 4.78 is 5.90. The zero-order valence-corrected chi connectivity index (χ0v) is 12.0. The van der Waals surface area contributed by atoms with E-state index in [1.54, 1.807) is 6.20 Å². The fourth-order valence-electron chi connectivity index (χ4n) is 1.25. The largest absolute Gasteiger partial charge is 0.484 e. The lowest BCUT2D eigenvalue weighted by molar-refractivity contribution is 0.103. The molecule has 0 aliphatic heterocycles. The first-order chi connectivity index (χ1) is 7.89. The van der Waals surface area contributed by atoms with Gasteiger partial charge in [-0.2, -0.15) is 0 Å². The van der Waals surface area contributed by atoms with E-state index in [0.29, 0.717) is 17.5 Å². The van der Waals surface area contributed by atoms with Gasteiger partial charge < -0.3 is 4.74 Å². The van der Waals surface area contributed by atoms with Crippen molar-refractivity contribution in [1.29, 1.82) is 0 Å².